The van der Waals surface area contributed by atoms with E-state index in [4.69, 9.17) is 9.47 Å². The summed E-state index contributed by atoms with van der Waals surface area (Å²) in [4.78, 5) is 0. The SMILES string of the molecule is CCCCCCCCCC(CCC)C(OC)OC. The van der Waals surface area contributed by atoms with Crippen molar-refractivity contribution in [1.82, 2.24) is 0 Å². The van der Waals surface area contributed by atoms with Crippen molar-refractivity contribution < 1.29 is 9.47 Å². The molecule has 0 aliphatic carbocycles. The number of hydrogen-bond acceptors (Lipinski definition) is 2. The molecule has 0 aliphatic rings. The van der Waals surface area contributed by atoms with E-state index in [1.54, 1.807) is 14.2 Å². The van der Waals surface area contributed by atoms with E-state index in [1.165, 1.54) is 64.2 Å². The number of unbranched alkanes of at least 4 members (excludes halogenated alkanes) is 6. The Morgan fingerprint density at radius 3 is 1.72 bits per heavy atom. The lowest BCUT2D eigenvalue weighted by Gasteiger charge is -2.24. The topological polar surface area (TPSA) is 18.5 Å². The van der Waals surface area contributed by atoms with Gasteiger partial charge in [-0.05, 0) is 12.8 Å². The Balaban J connectivity index is 3.63. The maximum Gasteiger partial charge on any atom is 0.159 e. The summed E-state index contributed by atoms with van der Waals surface area (Å²) in [5.41, 5.74) is 0. The summed E-state index contributed by atoms with van der Waals surface area (Å²) in [5.74, 6) is 0.570. The van der Waals surface area contributed by atoms with Gasteiger partial charge in [-0.25, -0.2) is 0 Å². The third kappa shape index (κ3) is 8.93. The fourth-order valence-corrected chi connectivity index (χ4v) is 2.63. The van der Waals surface area contributed by atoms with Gasteiger partial charge in [0.05, 0.1) is 0 Å². The van der Waals surface area contributed by atoms with Gasteiger partial charge in [0.1, 0.15) is 0 Å². The van der Waals surface area contributed by atoms with Crippen LogP contribution in [0.5, 0.6) is 0 Å². The lowest BCUT2D eigenvalue weighted by molar-refractivity contribution is -0.140. The second-order valence-electron chi connectivity index (χ2n) is 5.30. The van der Waals surface area contributed by atoms with Gasteiger partial charge >= 0.3 is 0 Å². The smallest absolute Gasteiger partial charge is 0.159 e. The normalized spacial score (nSPS) is 13.2. The molecule has 1 unspecified atom stereocenters. The third-order valence-corrected chi connectivity index (χ3v) is 3.69. The van der Waals surface area contributed by atoms with Crippen LogP contribution in [0.15, 0.2) is 0 Å². The summed E-state index contributed by atoms with van der Waals surface area (Å²) in [6.07, 6.45) is 13.3. The second kappa shape index (κ2) is 13.4. The zero-order valence-corrected chi connectivity index (χ0v) is 13.0. The van der Waals surface area contributed by atoms with Crippen molar-refractivity contribution in [3.63, 3.8) is 0 Å². The number of ether oxygens (including phenoxy) is 2. The highest BCUT2D eigenvalue weighted by Crippen LogP contribution is 2.22. The van der Waals surface area contributed by atoms with Gasteiger partial charge in [0.25, 0.3) is 0 Å². The fourth-order valence-electron chi connectivity index (χ4n) is 2.63. The minimum absolute atomic E-state index is 0.00922. The van der Waals surface area contributed by atoms with Crippen molar-refractivity contribution in [1.29, 1.82) is 0 Å². The van der Waals surface area contributed by atoms with Crippen molar-refractivity contribution in [2.75, 3.05) is 14.2 Å². The summed E-state index contributed by atoms with van der Waals surface area (Å²) < 4.78 is 10.8. The Hall–Kier alpha value is -0.0800. The molecule has 0 fully saturated rings. The van der Waals surface area contributed by atoms with Gasteiger partial charge in [-0.2, -0.15) is 0 Å². The van der Waals surface area contributed by atoms with Crippen LogP contribution in [0.2, 0.25) is 0 Å². The van der Waals surface area contributed by atoms with Crippen LogP contribution in [0.4, 0.5) is 0 Å². The summed E-state index contributed by atoms with van der Waals surface area (Å²) >= 11 is 0. The predicted octanol–water partition coefficient (Wildman–Crippen LogP) is 5.16. The van der Waals surface area contributed by atoms with Crippen LogP contribution in [0.25, 0.3) is 0 Å². The molecule has 0 N–H and O–H groups in total. The van der Waals surface area contributed by atoms with E-state index in [0.717, 1.165) is 0 Å². The number of rotatable bonds is 13. The maximum absolute atomic E-state index is 5.40. The first-order chi connectivity index (χ1) is 8.79. The molecule has 0 heterocycles. The maximum atomic E-state index is 5.40. The number of hydrogen-bond donors (Lipinski definition) is 0. The molecule has 18 heavy (non-hydrogen) atoms. The molecule has 0 spiro atoms. The first-order valence-electron chi connectivity index (χ1n) is 7.85. The molecular weight excluding hydrogens is 224 g/mol. The fraction of sp³-hybridized carbons (Fsp3) is 1.00. The largest absolute Gasteiger partial charge is 0.356 e. The van der Waals surface area contributed by atoms with Gasteiger partial charge in [0.2, 0.25) is 0 Å². The van der Waals surface area contributed by atoms with Crippen molar-refractivity contribution >= 4 is 0 Å². The van der Waals surface area contributed by atoms with E-state index in [2.05, 4.69) is 13.8 Å². The first kappa shape index (κ1) is 17.9. The van der Waals surface area contributed by atoms with E-state index in [9.17, 15) is 0 Å². The van der Waals surface area contributed by atoms with Crippen LogP contribution in [-0.2, 0) is 9.47 Å². The molecule has 110 valence electrons. The molecule has 0 amide bonds. The van der Waals surface area contributed by atoms with E-state index >= 15 is 0 Å². The van der Waals surface area contributed by atoms with Crippen molar-refractivity contribution in [3.05, 3.63) is 0 Å². The lowest BCUT2D eigenvalue weighted by Crippen LogP contribution is -2.24. The van der Waals surface area contributed by atoms with Gasteiger partial charge in [0, 0.05) is 20.1 Å². The van der Waals surface area contributed by atoms with Crippen molar-refractivity contribution in [2.45, 2.75) is 84.3 Å². The van der Waals surface area contributed by atoms with Crippen LogP contribution in [0.3, 0.4) is 0 Å². The highest BCUT2D eigenvalue weighted by Gasteiger charge is 2.19. The van der Waals surface area contributed by atoms with Gasteiger partial charge in [-0.1, -0.05) is 65.2 Å². The van der Waals surface area contributed by atoms with Gasteiger partial charge in [0.15, 0.2) is 6.29 Å². The van der Waals surface area contributed by atoms with Crippen LogP contribution in [0, 0.1) is 5.92 Å². The highest BCUT2D eigenvalue weighted by molar-refractivity contribution is 4.63. The van der Waals surface area contributed by atoms with Crippen LogP contribution in [-0.4, -0.2) is 20.5 Å². The Kier molecular flexibility index (Phi) is 13.3. The quantitative estimate of drug-likeness (QED) is 0.335. The monoisotopic (exact) mass is 258 g/mol. The summed E-state index contributed by atoms with van der Waals surface area (Å²) in [5, 5.41) is 0. The first-order valence-corrected chi connectivity index (χ1v) is 7.85. The molecule has 0 radical (unpaired) electrons. The summed E-state index contributed by atoms with van der Waals surface area (Å²) in [7, 11) is 3.50. The molecule has 0 aromatic carbocycles. The molecule has 2 nitrogen and oxygen atoms in total. The van der Waals surface area contributed by atoms with Gasteiger partial charge in [-0.3, -0.25) is 0 Å². The minimum Gasteiger partial charge on any atom is -0.356 e. The standard InChI is InChI=1S/C16H34O2/c1-5-7-8-9-10-11-12-14-15(13-6-2)16(17-3)18-4/h15-16H,5-14H2,1-4H3. The molecule has 1 atom stereocenters. The predicted molar refractivity (Wildman–Crippen MR) is 78.8 cm³/mol. The van der Waals surface area contributed by atoms with Crippen LogP contribution < -0.4 is 0 Å². The van der Waals surface area contributed by atoms with Gasteiger partial charge < -0.3 is 9.47 Å². The number of methoxy groups -OCH3 is 2. The average molecular weight is 258 g/mol. The minimum atomic E-state index is -0.00922. The Morgan fingerprint density at radius 1 is 0.667 bits per heavy atom. The Morgan fingerprint density at radius 2 is 1.22 bits per heavy atom. The highest BCUT2D eigenvalue weighted by atomic mass is 16.7. The molecule has 0 aromatic heterocycles. The molecule has 0 aromatic rings. The molecule has 0 bridgehead atoms. The lowest BCUT2D eigenvalue weighted by atomic mass is 9.95. The molecule has 2 heteroatoms. The van der Waals surface area contributed by atoms with Crippen LogP contribution >= 0.6 is 0 Å². The van der Waals surface area contributed by atoms with E-state index in [-0.39, 0.29) is 6.29 Å². The van der Waals surface area contributed by atoms with Crippen molar-refractivity contribution in [2.24, 2.45) is 5.92 Å². The zero-order valence-electron chi connectivity index (χ0n) is 13.0. The molecule has 0 rings (SSSR count). The third-order valence-electron chi connectivity index (χ3n) is 3.69. The molecule has 0 saturated carbocycles. The zero-order chi connectivity index (χ0) is 13.6. The summed E-state index contributed by atoms with van der Waals surface area (Å²) in [6.45, 7) is 4.51. The van der Waals surface area contributed by atoms with E-state index in [1.807, 2.05) is 0 Å². The molecule has 0 aliphatic heterocycles. The Bertz CT molecular complexity index is 155. The van der Waals surface area contributed by atoms with Crippen molar-refractivity contribution in [3.8, 4) is 0 Å². The van der Waals surface area contributed by atoms with Gasteiger partial charge in [-0.15, -0.1) is 0 Å². The molecule has 0 saturated heterocycles. The second-order valence-corrected chi connectivity index (χ2v) is 5.30. The van der Waals surface area contributed by atoms with E-state index < -0.39 is 0 Å². The molecular formula is C16H34O2. The average Bonchev–Trinajstić information content (AvgIpc) is 2.39. The van der Waals surface area contributed by atoms with E-state index in [0.29, 0.717) is 5.92 Å². The van der Waals surface area contributed by atoms with Crippen LogP contribution in [0.1, 0.15) is 78.1 Å². The summed E-state index contributed by atoms with van der Waals surface area (Å²) in [6, 6.07) is 0. The Labute approximate surface area is 114 Å².